The van der Waals surface area contributed by atoms with Gasteiger partial charge in [-0.2, -0.15) is 0 Å². The minimum atomic E-state index is -1.27. The summed E-state index contributed by atoms with van der Waals surface area (Å²) in [7, 11) is 0. The van der Waals surface area contributed by atoms with E-state index in [-0.39, 0.29) is 23.4 Å². The molecule has 1 aliphatic carbocycles. The molecule has 1 aliphatic heterocycles. The number of benzene rings is 1. The summed E-state index contributed by atoms with van der Waals surface area (Å²) in [6, 6.07) is 4.96. The zero-order valence-electron chi connectivity index (χ0n) is 19.6. The van der Waals surface area contributed by atoms with Gasteiger partial charge >= 0.3 is 11.9 Å². The summed E-state index contributed by atoms with van der Waals surface area (Å²) in [5.41, 5.74) is 1.75. The average molecular weight is 585 g/mol. The predicted octanol–water partition coefficient (Wildman–Crippen LogP) is 4.62. The molecule has 2 aliphatic rings. The van der Waals surface area contributed by atoms with Gasteiger partial charge in [0.05, 0.1) is 5.02 Å². The van der Waals surface area contributed by atoms with Crippen molar-refractivity contribution >= 4 is 45.3 Å². The van der Waals surface area contributed by atoms with Crippen molar-refractivity contribution in [2.24, 2.45) is 5.92 Å². The topological polar surface area (TPSA) is 112 Å². The SMILES string of the molecule is O=C(ON(C1CC(CCc2ccc3c(n2)NCCC3)C1)[C@@H](CCO)C(=O)O)c1c(F)ccc(Br)c1Cl. The number of hydroxylamine groups is 2. The maximum Gasteiger partial charge on any atom is 0.361 e. The van der Waals surface area contributed by atoms with Crippen molar-refractivity contribution in [1.29, 1.82) is 0 Å². The van der Waals surface area contributed by atoms with Crippen LogP contribution in [-0.2, 0) is 22.5 Å². The van der Waals surface area contributed by atoms with E-state index in [0.29, 0.717) is 17.3 Å². The van der Waals surface area contributed by atoms with E-state index in [1.807, 2.05) is 6.07 Å². The van der Waals surface area contributed by atoms with Crippen LogP contribution in [0.4, 0.5) is 10.2 Å². The first-order chi connectivity index (χ1) is 17.3. The van der Waals surface area contributed by atoms with Crippen molar-refractivity contribution in [3.8, 4) is 0 Å². The van der Waals surface area contributed by atoms with Crippen molar-refractivity contribution < 1.29 is 29.0 Å². The zero-order chi connectivity index (χ0) is 25.8. The number of aliphatic hydroxyl groups excluding tert-OH is 1. The molecular weight excluding hydrogens is 557 g/mol. The van der Waals surface area contributed by atoms with Gasteiger partial charge in [-0.3, -0.25) is 4.79 Å². The maximum absolute atomic E-state index is 14.4. The fourth-order valence-corrected chi connectivity index (χ4v) is 5.29. The second-order valence-corrected chi connectivity index (χ2v) is 10.4. The summed E-state index contributed by atoms with van der Waals surface area (Å²) >= 11 is 9.26. The number of hydrogen-bond donors (Lipinski definition) is 3. The molecule has 36 heavy (non-hydrogen) atoms. The van der Waals surface area contributed by atoms with Gasteiger partial charge in [0.15, 0.2) is 0 Å². The number of carbonyl (C=O) groups excluding carboxylic acids is 1. The molecular formula is C25H28BrClFN3O5. The van der Waals surface area contributed by atoms with Crippen LogP contribution in [0.5, 0.6) is 0 Å². The third-order valence-corrected chi connectivity index (χ3v) is 8.04. The second-order valence-electron chi connectivity index (χ2n) is 9.19. The van der Waals surface area contributed by atoms with Crippen LogP contribution in [0.25, 0.3) is 0 Å². The minimum absolute atomic E-state index is 0.148. The highest BCUT2D eigenvalue weighted by Crippen LogP contribution is 2.38. The molecule has 4 rings (SSSR count). The number of carboxylic acids is 1. The molecule has 0 saturated heterocycles. The van der Waals surface area contributed by atoms with Gasteiger partial charge in [0.2, 0.25) is 0 Å². The zero-order valence-corrected chi connectivity index (χ0v) is 21.9. The first kappa shape index (κ1) is 26.8. The van der Waals surface area contributed by atoms with Crippen LogP contribution in [0.3, 0.4) is 0 Å². The fraction of sp³-hybridized carbons (Fsp3) is 0.480. The highest BCUT2D eigenvalue weighted by molar-refractivity contribution is 9.10. The lowest BCUT2D eigenvalue weighted by Gasteiger charge is -2.43. The van der Waals surface area contributed by atoms with Gasteiger partial charge in [0.1, 0.15) is 23.2 Å². The van der Waals surface area contributed by atoms with Crippen molar-refractivity contribution in [3.63, 3.8) is 0 Å². The summed E-state index contributed by atoms with van der Waals surface area (Å²) in [6.07, 6.45) is 4.82. The molecule has 0 bridgehead atoms. The molecule has 194 valence electrons. The van der Waals surface area contributed by atoms with E-state index in [2.05, 4.69) is 27.3 Å². The number of halogens is 3. The van der Waals surface area contributed by atoms with Crippen LogP contribution in [0, 0.1) is 11.7 Å². The summed E-state index contributed by atoms with van der Waals surface area (Å²) < 4.78 is 14.7. The Labute approximate surface area is 221 Å². The molecule has 0 amide bonds. The lowest BCUT2D eigenvalue weighted by Crippen LogP contribution is -2.53. The monoisotopic (exact) mass is 583 g/mol. The molecule has 2 aromatic rings. The van der Waals surface area contributed by atoms with Crippen LogP contribution in [-0.4, -0.2) is 57.4 Å². The molecule has 1 saturated carbocycles. The average Bonchev–Trinajstić information content (AvgIpc) is 2.83. The van der Waals surface area contributed by atoms with Crippen LogP contribution >= 0.6 is 27.5 Å². The Hall–Kier alpha value is -2.27. The van der Waals surface area contributed by atoms with Crippen LogP contribution in [0.1, 0.15) is 53.7 Å². The Kier molecular flexibility index (Phi) is 8.82. The molecule has 0 unspecified atom stereocenters. The van der Waals surface area contributed by atoms with E-state index in [1.54, 1.807) is 0 Å². The lowest BCUT2D eigenvalue weighted by atomic mass is 9.76. The largest absolute Gasteiger partial charge is 0.480 e. The van der Waals surface area contributed by atoms with E-state index >= 15 is 0 Å². The normalized spacial score (nSPS) is 19.7. The molecule has 2 heterocycles. The van der Waals surface area contributed by atoms with Gasteiger partial charge in [-0.15, -0.1) is 5.06 Å². The molecule has 11 heteroatoms. The van der Waals surface area contributed by atoms with E-state index in [0.717, 1.165) is 54.9 Å². The first-order valence-electron chi connectivity index (χ1n) is 12.0. The maximum atomic E-state index is 14.4. The highest BCUT2D eigenvalue weighted by Gasteiger charge is 2.42. The van der Waals surface area contributed by atoms with Crippen LogP contribution in [0.15, 0.2) is 28.7 Å². The van der Waals surface area contributed by atoms with Crippen LogP contribution in [0.2, 0.25) is 5.02 Å². The number of nitrogens with one attached hydrogen (secondary N) is 1. The number of aromatic nitrogens is 1. The van der Waals surface area contributed by atoms with Crippen molar-refractivity contribution in [2.75, 3.05) is 18.5 Å². The number of carboxylic acid groups (broad SMARTS) is 1. The van der Waals surface area contributed by atoms with Gasteiger partial charge in [-0.1, -0.05) is 17.7 Å². The Balaban J connectivity index is 1.42. The Bertz CT molecular complexity index is 1130. The Morgan fingerprint density at radius 1 is 1.31 bits per heavy atom. The summed E-state index contributed by atoms with van der Waals surface area (Å²) in [5.74, 6) is -1.96. The molecule has 1 aromatic carbocycles. The Morgan fingerprint density at radius 2 is 2.08 bits per heavy atom. The second kappa shape index (κ2) is 11.9. The van der Waals surface area contributed by atoms with E-state index < -0.39 is 36.0 Å². The number of aryl methyl sites for hydroxylation is 2. The van der Waals surface area contributed by atoms with Crippen LogP contribution < -0.4 is 5.32 Å². The summed E-state index contributed by atoms with van der Waals surface area (Å²) in [5, 5.41) is 23.4. The van der Waals surface area contributed by atoms with E-state index in [4.69, 9.17) is 21.4 Å². The van der Waals surface area contributed by atoms with E-state index in [1.165, 1.54) is 11.6 Å². The van der Waals surface area contributed by atoms with Gasteiger partial charge in [-0.05, 0) is 90.6 Å². The number of pyridine rings is 1. The number of carbonyl (C=O) groups is 2. The molecule has 1 aromatic heterocycles. The molecule has 0 radical (unpaired) electrons. The van der Waals surface area contributed by atoms with Gasteiger partial charge in [0, 0.05) is 29.4 Å². The quantitative estimate of drug-likeness (QED) is 0.274. The lowest BCUT2D eigenvalue weighted by molar-refractivity contribution is -0.204. The number of hydrogen-bond acceptors (Lipinski definition) is 7. The smallest absolute Gasteiger partial charge is 0.361 e. The van der Waals surface area contributed by atoms with E-state index in [9.17, 15) is 24.2 Å². The predicted molar refractivity (Wildman–Crippen MR) is 135 cm³/mol. The van der Waals surface area contributed by atoms with Crippen molar-refractivity contribution in [1.82, 2.24) is 10.0 Å². The van der Waals surface area contributed by atoms with Gasteiger partial charge in [-0.25, -0.2) is 14.2 Å². The summed E-state index contributed by atoms with van der Waals surface area (Å²) in [6.45, 7) is 0.515. The number of aliphatic carboxylic acids is 1. The first-order valence-corrected chi connectivity index (χ1v) is 13.2. The molecule has 1 fully saturated rings. The van der Waals surface area contributed by atoms with Gasteiger partial charge in [0.25, 0.3) is 0 Å². The number of aliphatic hydroxyl groups is 1. The Morgan fingerprint density at radius 3 is 2.81 bits per heavy atom. The number of anilines is 1. The number of fused-ring (bicyclic) bond motifs is 1. The minimum Gasteiger partial charge on any atom is -0.480 e. The standard InChI is InChI=1S/C25H28BrClFN3O5/c26-18-7-8-19(28)21(22(18)27)25(35)36-31(20(9-11-32)24(33)34)17-12-14(13-17)3-5-16-6-4-15-2-1-10-29-23(15)30-16/h4,6-8,14,17,20,32H,1-3,5,9-13H2,(H,29,30)(H,33,34)/t14?,17?,20-/m0/s1. The van der Waals surface area contributed by atoms with Gasteiger partial charge < -0.3 is 20.4 Å². The third-order valence-electron chi connectivity index (χ3n) is 6.76. The third kappa shape index (κ3) is 5.99. The summed E-state index contributed by atoms with van der Waals surface area (Å²) in [4.78, 5) is 34.9. The molecule has 0 spiro atoms. The molecule has 8 nitrogen and oxygen atoms in total. The molecule has 3 N–H and O–H groups in total. The van der Waals surface area contributed by atoms with Crippen molar-refractivity contribution in [2.45, 2.75) is 57.0 Å². The molecule has 1 atom stereocenters. The number of nitrogens with zero attached hydrogens (tertiary/aromatic N) is 2. The number of rotatable bonds is 10. The van der Waals surface area contributed by atoms with Crippen molar-refractivity contribution in [3.05, 3.63) is 56.4 Å². The fourth-order valence-electron chi connectivity index (χ4n) is 4.73. The highest BCUT2D eigenvalue weighted by atomic mass is 79.9.